The Bertz CT molecular complexity index is 976. The van der Waals surface area contributed by atoms with Crippen LogP contribution in [0.5, 0.6) is 0 Å². The first-order chi connectivity index (χ1) is 13.2. The summed E-state index contributed by atoms with van der Waals surface area (Å²) in [5, 5.41) is 5.24. The molecule has 4 rings (SSSR count). The molecule has 0 spiro atoms. The van der Waals surface area contributed by atoms with Crippen LogP contribution in [0.15, 0.2) is 36.5 Å². The lowest BCUT2D eigenvalue weighted by Gasteiger charge is -2.22. The van der Waals surface area contributed by atoms with E-state index in [-0.39, 0.29) is 24.9 Å². The summed E-state index contributed by atoms with van der Waals surface area (Å²) in [5.74, 6) is -1.47. The lowest BCUT2D eigenvalue weighted by atomic mass is 9.95. The molecular formula is C21H25F2N5. The average molecular weight is 385 g/mol. The maximum absolute atomic E-state index is 13.8. The van der Waals surface area contributed by atoms with Gasteiger partial charge in [-0.2, -0.15) is 5.10 Å². The second-order valence-electron chi connectivity index (χ2n) is 8.49. The summed E-state index contributed by atoms with van der Waals surface area (Å²) in [4.78, 5) is 11.1. The zero-order valence-corrected chi connectivity index (χ0v) is 16.5. The third kappa shape index (κ3) is 3.70. The van der Waals surface area contributed by atoms with Gasteiger partial charge in [0.05, 0.1) is 18.1 Å². The molecule has 1 saturated heterocycles. The molecule has 0 radical (unpaired) electrons. The average Bonchev–Trinajstić information content (AvgIpc) is 3.22. The third-order valence-electron chi connectivity index (χ3n) is 5.07. The van der Waals surface area contributed by atoms with Gasteiger partial charge in [-0.1, -0.05) is 51.1 Å². The van der Waals surface area contributed by atoms with Crippen LogP contribution in [0.4, 0.5) is 14.6 Å². The lowest BCUT2D eigenvalue weighted by molar-refractivity contribution is 0.0257. The molecule has 0 aliphatic carbocycles. The fourth-order valence-corrected chi connectivity index (χ4v) is 3.48. The number of benzene rings is 1. The standard InChI is InChI=1S/C21H25F2N5/c1-20(2,3)19-25-17(27-12-10-21(22,23)14-27)16-13-24-28(18(16)26-19)11-9-15-7-5-4-6-8-15/h4-8,13H,9-12,14H2,1-3H3. The van der Waals surface area contributed by atoms with Crippen LogP contribution >= 0.6 is 0 Å². The Hall–Kier alpha value is -2.57. The topological polar surface area (TPSA) is 46.8 Å². The summed E-state index contributed by atoms with van der Waals surface area (Å²) in [5.41, 5.74) is 1.64. The monoisotopic (exact) mass is 385 g/mol. The van der Waals surface area contributed by atoms with Gasteiger partial charge in [-0.25, -0.2) is 23.4 Å². The number of aryl methyl sites for hydroxylation is 2. The molecule has 3 aromatic rings. The highest BCUT2D eigenvalue weighted by Gasteiger charge is 2.40. The second kappa shape index (κ2) is 6.79. The maximum Gasteiger partial charge on any atom is 0.266 e. The van der Waals surface area contributed by atoms with Crippen LogP contribution in [0.2, 0.25) is 0 Å². The van der Waals surface area contributed by atoms with Gasteiger partial charge in [0.1, 0.15) is 11.6 Å². The van der Waals surface area contributed by atoms with Crippen molar-refractivity contribution in [3.63, 3.8) is 0 Å². The molecule has 1 aliphatic heterocycles. The van der Waals surface area contributed by atoms with Gasteiger partial charge >= 0.3 is 0 Å². The molecule has 1 fully saturated rings. The van der Waals surface area contributed by atoms with E-state index in [1.165, 1.54) is 5.56 Å². The number of fused-ring (bicyclic) bond motifs is 1. The number of alkyl halides is 2. The zero-order chi connectivity index (χ0) is 19.9. The molecule has 1 aliphatic rings. The Balaban J connectivity index is 1.73. The summed E-state index contributed by atoms with van der Waals surface area (Å²) in [6, 6.07) is 10.2. The third-order valence-corrected chi connectivity index (χ3v) is 5.07. The van der Waals surface area contributed by atoms with Crippen molar-refractivity contribution >= 4 is 16.9 Å². The maximum atomic E-state index is 13.8. The van der Waals surface area contributed by atoms with Crippen molar-refractivity contribution in [3.8, 4) is 0 Å². The Kier molecular flexibility index (Phi) is 4.56. The summed E-state index contributed by atoms with van der Waals surface area (Å²) < 4.78 is 29.5. The van der Waals surface area contributed by atoms with E-state index in [9.17, 15) is 8.78 Å². The zero-order valence-electron chi connectivity index (χ0n) is 16.5. The number of hydrogen-bond donors (Lipinski definition) is 0. The number of hydrogen-bond acceptors (Lipinski definition) is 4. The van der Waals surface area contributed by atoms with E-state index in [0.29, 0.717) is 23.8 Å². The number of nitrogens with zero attached hydrogens (tertiary/aromatic N) is 5. The largest absolute Gasteiger partial charge is 0.350 e. The summed E-state index contributed by atoms with van der Waals surface area (Å²) in [7, 11) is 0. The minimum atomic E-state index is -2.68. The van der Waals surface area contributed by atoms with Crippen molar-refractivity contribution in [1.82, 2.24) is 19.7 Å². The van der Waals surface area contributed by atoms with E-state index >= 15 is 0 Å². The van der Waals surface area contributed by atoms with E-state index in [2.05, 4.69) is 22.2 Å². The predicted molar refractivity (Wildman–Crippen MR) is 106 cm³/mol. The molecule has 0 atom stereocenters. The highest BCUT2D eigenvalue weighted by Crippen LogP contribution is 2.34. The van der Waals surface area contributed by atoms with Crippen molar-refractivity contribution in [2.75, 3.05) is 18.0 Å². The van der Waals surface area contributed by atoms with Crippen molar-refractivity contribution in [3.05, 3.63) is 47.9 Å². The molecule has 5 nitrogen and oxygen atoms in total. The van der Waals surface area contributed by atoms with E-state index in [0.717, 1.165) is 11.8 Å². The molecule has 0 N–H and O–H groups in total. The van der Waals surface area contributed by atoms with Crippen molar-refractivity contribution in [2.24, 2.45) is 0 Å². The highest BCUT2D eigenvalue weighted by molar-refractivity contribution is 5.87. The van der Waals surface area contributed by atoms with Gasteiger partial charge in [0.15, 0.2) is 5.65 Å². The van der Waals surface area contributed by atoms with E-state index in [1.54, 1.807) is 11.1 Å². The molecule has 0 saturated carbocycles. The summed E-state index contributed by atoms with van der Waals surface area (Å²) in [6.07, 6.45) is 2.38. The first kappa shape index (κ1) is 18.8. The van der Waals surface area contributed by atoms with Gasteiger partial charge in [-0.05, 0) is 12.0 Å². The minimum absolute atomic E-state index is 0.147. The van der Waals surface area contributed by atoms with Gasteiger partial charge in [0.2, 0.25) is 0 Å². The molecule has 7 heteroatoms. The molecule has 0 amide bonds. The Morgan fingerprint density at radius 1 is 1.11 bits per heavy atom. The second-order valence-corrected chi connectivity index (χ2v) is 8.49. The van der Waals surface area contributed by atoms with Gasteiger partial charge in [-0.3, -0.25) is 0 Å². The highest BCUT2D eigenvalue weighted by atomic mass is 19.3. The molecule has 0 bridgehead atoms. The number of rotatable bonds is 4. The van der Waals surface area contributed by atoms with Crippen LogP contribution in [0.1, 0.15) is 38.6 Å². The molecule has 0 unspecified atom stereocenters. The number of anilines is 1. The van der Waals surface area contributed by atoms with Crippen LogP contribution in [0.3, 0.4) is 0 Å². The van der Waals surface area contributed by atoms with E-state index < -0.39 is 5.92 Å². The summed E-state index contributed by atoms with van der Waals surface area (Å²) in [6.45, 7) is 6.74. The van der Waals surface area contributed by atoms with Crippen molar-refractivity contribution in [2.45, 2.75) is 51.5 Å². The number of halogens is 2. The molecule has 2 aromatic heterocycles. The van der Waals surface area contributed by atoms with Crippen LogP contribution in [-0.2, 0) is 18.4 Å². The van der Waals surface area contributed by atoms with Crippen LogP contribution in [0.25, 0.3) is 11.0 Å². The van der Waals surface area contributed by atoms with Gasteiger partial charge in [-0.15, -0.1) is 0 Å². The van der Waals surface area contributed by atoms with Crippen LogP contribution in [-0.4, -0.2) is 38.8 Å². The van der Waals surface area contributed by atoms with Crippen LogP contribution in [0, 0.1) is 0 Å². The number of aromatic nitrogens is 4. The molecule has 1 aromatic carbocycles. The predicted octanol–water partition coefficient (Wildman–Crippen LogP) is 4.21. The van der Waals surface area contributed by atoms with Crippen LogP contribution < -0.4 is 4.90 Å². The fourth-order valence-electron chi connectivity index (χ4n) is 3.48. The van der Waals surface area contributed by atoms with Gasteiger partial charge in [0, 0.05) is 24.9 Å². The Morgan fingerprint density at radius 3 is 2.50 bits per heavy atom. The van der Waals surface area contributed by atoms with Gasteiger partial charge in [0.25, 0.3) is 5.92 Å². The molecule has 148 valence electrons. The van der Waals surface area contributed by atoms with Gasteiger partial charge < -0.3 is 4.90 Å². The van der Waals surface area contributed by atoms with E-state index in [1.807, 2.05) is 43.7 Å². The first-order valence-electron chi connectivity index (χ1n) is 9.64. The molecular weight excluding hydrogens is 360 g/mol. The Labute approximate surface area is 163 Å². The minimum Gasteiger partial charge on any atom is -0.350 e. The quantitative estimate of drug-likeness (QED) is 0.675. The summed E-state index contributed by atoms with van der Waals surface area (Å²) >= 11 is 0. The fraction of sp³-hybridized carbons (Fsp3) is 0.476. The normalized spacial score (nSPS) is 16.8. The molecule has 3 heterocycles. The molecule has 28 heavy (non-hydrogen) atoms. The SMILES string of the molecule is CC(C)(C)c1nc(N2CCC(F)(F)C2)c2cnn(CCc3ccccc3)c2n1. The smallest absolute Gasteiger partial charge is 0.266 e. The lowest BCUT2D eigenvalue weighted by Crippen LogP contribution is -2.27. The first-order valence-corrected chi connectivity index (χ1v) is 9.64. The van der Waals surface area contributed by atoms with E-state index in [4.69, 9.17) is 4.98 Å². The van der Waals surface area contributed by atoms with Crippen molar-refractivity contribution < 1.29 is 8.78 Å². The van der Waals surface area contributed by atoms with Crippen molar-refractivity contribution in [1.29, 1.82) is 0 Å². The Morgan fingerprint density at radius 2 is 1.86 bits per heavy atom.